The molecule has 0 radical (unpaired) electrons. The van der Waals surface area contributed by atoms with E-state index < -0.39 is 0 Å². The lowest BCUT2D eigenvalue weighted by molar-refractivity contribution is 0.199. The van der Waals surface area contributed by atoms with E-state index in [0.717, 1.165) is 11.4 Å². The normalized spacial score (nSPS) is 14.2. The van der Waals surface area contributed by atoms with Gasteiger partial charge in [-0.05, 0) is 56.3 Å². The summed E-state index contributed by atoms with van der Waals surface area (Å²) in [6.45, 7) is 4.42. The zero-order chi connectivity index (χ0) is 14.7. The molecule has 2 atom stereocenters. The lowest BCUT2D eigenvalue weighted by Gasteiger charge is -2.31. The smallest absolute Gasteiger partial charge is 0.0322 e. The van der Waals surface area contributed by atoms with Gasteiger partial charge in [0.25, 0.3) is 0 Å². The fourth-order valence-electron chi connectivity index (χ4n) is 2.35. The Bertz CT molecular complexity index is 494. The van der Waals surface area contributed by atoms with Crippen LogP contribution in [0.4, 0.5) is 11.4 Å². The summed E-state index contributed by atoms with van der Waals surface area (Å²) in [4.78, 5) is 2.34. The van der Waals surface area contributed by atoms with E-state index in [2.05, 4.69) is 50.1 Å². The monoisotopic (exact) mass is 269 g/mol. The molecule has 0 saturated carbocycles. The van der Waals surface area contributed by atoms with Crippen molar-refractivity contribution in [3.63, 3.8) is 0 Å². The molecule has 0 heterocycles. The van der Waals surface area contributed by atoms with Crippen LogP contribution in [0.1, 0.15) is 37.1 Å². The number of hydrogen-bond donors (Lipinski definition) is 2. The van der Waals surface area contributed by atoms with Crippen molar-refractivity contribution in [2.24, 2.45) is 0 Å². The van der Waals surface area contributed by atoms with Gasteiger partial charge in [0.05, 0.1) is 0 Å². The highest BCUT2D eigenvalue weighted by Crippen LogP contribution is 2.29. The number of nitrogen functional groups attached to an aromatic ring is 2. The van der Waals surface area contributed by atoms with Crippen LogP contribution in [0.25, 0.3) is 0 Å². The minimum atomic E-state index is 0.322. The van der Waals surface area contributed by atoms with E-state index in [0.29, 0.717) is 12.1 Å². The molecule has 0 spiro atoms. The molecule has 106 valence electrons. The van der Waals surface area contributed by atoms with Crippen molar-refractivity contribution in [2.75, 3.05) is 18.5 Å². The summed E-state index contributed by atoms with van der Waals surface area (Å²) in [5, 5.41) is 0. The van der Waals surface area contributed by atoms with Crippen LogP contribution in [-0.2, 0) is 0 Å². The summed E-state index contributed by atoms with van der Waals surface area (Å²) in [5.41, 5.74) is 15.6. The van der Waals surface area contributed by atoms with Gasteiger partial charge in [-0.15, -0.1) is 0 Å². The molecular weight excluding hydrogens is 246 g/mol. The topological polar surface area (TPSA) is 55.3 Å². The zero-order valence-corrected chi connectivity index (χ0v) is 12.4. The Kier molecular flexibility index (Phi) is 4.30. The molecule has 4 N–H and O–H groups in total. The van der Waals surface area contributed by atoms with Gasteiger partial charge in [0.2, 0.25) is 0 Å². The first-order valence-electron chi connectivity index (χ1n) is 6.92. The average Bonchev–Trinajstić information content (AvgIpc) is 2.46. The highest BCUT2D eigenvalue weighted by Gasteiger charge is 2.18. The Morgan fingerprint density at radius 2 is 1.00 bits per heavy atom. The van der Waals surface area contributed by atoms with Crippen LogP contribution in [-0.4, -0.2) is 11.9 Å². The van der Waals surface area contributed by atoms with E-state index in [4.69, 9.17) is 11.5 Å². The number of anilines is 2. The number of nitrogens with zero attached hydrogens (tertiary/aromatic N) is 1. The van der Waals surface area contributed by atoms with Gasteiger partial charge in [0.15, 0.2) is 0 Å². The van der Waals surface area contributed by atoms with Crippen molar-refractivity contribution >= 4 is 11.4 Å². The second-order valence-corrected chi connectivity index (χ2v) is 5.35. The first-order valence-corrected chi connectivity index (χ1v) is 6.92. The van der Waals surface area contributed by atoms with E-state index in [1.807, 2.05) is 24.3 Å². The maximum atomic E-state index is 5.74. The predicted octanol–water partition coefficient (Wildman–Crippen LogP) is 3.61. The first-order chi connectivity index (χ1) is 9.49. The highest BCUT2D eigenvalue weighted by atomic mass is 15.1. The van der Waals surface area contributed by atoms with Crippen molar-refractivity contribution in [2.45, 2.75) is 25.9 Å². The Hall–Kier alpha value is -2.00. The number of rotatable bonds is 4. The summed E-state index contributed by atoms with van der Waals surface area (Å²) in [6.07, 6.45) is 0. The van der Waals surface area contributed by atoms with Crippen LogP contribution in [0.5, 0.6) is 0 Å². The maximum absolute atomic E-state index is 5.74. The van der Waals surface area contributed by atoms with E-state index in [9.17, 15) is 0 Å². The first kappa shape index (κ1) is 14.4. The van der Waals surface area contributed by atoms with Gasteiger partial charge in [0, 0.05) is 23.5 Å². The van der Waals surface area contributed by atoms with Crippen LogP contribution in [0.2, 0.25) is 0 Å². The van der Waals surface area contributed by atoms with Crippen molar-refractivity contribution in [3.8, 4) is 0 Å². The standard InChI is InChI=1S/C17H23N3/c1-12(14-4-8-16(18)9-5-14)20(3)13(2)15-6-10-17(19)11-7-15/h4-13H,18-19H2,1-3H3. The molecule has 0 aliphatic rings. The average molecular weight is 269 g/mol. The third-order valence-electron chi connectivity index (χ3n) is 4.06. The minimum Gasteiger partial charge on any atom is -0.399 e. The van der Waals surface area contributed by atoms with Crippen molar-refractivity contribution in [1.82, 2.24) is 4.90 Å². The Balaban J connectivity index is 2.15. The Labute approximate surface area is 121 Å². The lowest BCUT2D eigenvalue weighted by Crippen LogP contribution is -2.25. The van der Waals surface area contributed by atoms with E-state index >= 15 is 0 Å². The van der Waals surface area contributed by atoms with E-state index in [1.54, 1.807) is 0 Å². The highest BCUT2D eigenvalue weighted by molar-refractivity contribution is 5.41. The Morgan fingerprint density at radius 1 is 0.700 bits per heavy atom. The molecule has 3 heteroatoms. The molecule has 0 bridgehead atoms. The second kappa shape index (κ2) is 5.97. The van der Waals surface area contributed by atoms with Gasteiger partial charge in [0.1, 0.15) is 0 Å². The third kappa shape index (κ3) is 3.11. The summed E-state index contributed by atoms with van der Waals surface area (Å²) in [6, 6.07) is 16.8. The molecule has 0 aliphatic heterocycles. The minimum absolute atomic E-state index is 0.322. The number of nitrogens with two attached hydrogens (primary N) is 2. The van der Waals surface area contributed by atoms with Gasteiger partial charge in [-0.25, -0.2) is 0 Å². The molecule has 2 aromatic rings. The molecule has 0 amide bonds. The molecule has 2 unspecified atom stereocenters. The van der Waals surface area contributed by atoms with Gasteiger partial charge in [-0.2, -0.15) is 0 Å². The second-order valence-electron chi connectivity index (χ2n) is 5.35. The molecule has 0 fully saturated rings. The molecule has 20 heavy (non-hydrogen) atoms. The van der Waals surface area contributed by atoms with Gasteiger partial charge < -0.3 is 11.5 Å². The lowest BCUT2D eigenvalue weighted by atomic mass is 10.0. The summed E-state index contributed by atoms with van der Waals surface area (Å²) >= 11 is 0. The van der Waals surface area contributed by atoms with Crippen molar-refractivity contribution < 1.29 is 0 Å². The van der Waals surface area contributed by atoms with Crippen molar-refractivity contribution in [3.05, 3.63) is 59.7 Å². The quantitative estimate of drug-likeness (QED) is 0.834. The Morgan fingerprint density at radius 3 is 1.30 bits per heavy atom. The molecule has 0 aromatic heterocycles. The molecular formula is C17H23N3. The molecule has 0 saturated heterocycles. The summed E-state index contributed by atoms with van der Waals surface area (Å²) < 4.78 is 0. The SMILES string of the molecule is CC(c1ccc(N)cc1)N(C)C(C)c1ccc(N)cc1. The molecule has 0 aliphatic carbocycles. The van der Waals surface area contributed by atoms with Crippen molar-refractivity contribution in [1.29, 1.82) is 0 Å². The van der Waals surface area contributed by atoms with E-state index in [-0.39, 0.29) is 0 Å². The summed E-state index contributed by atoms with van der Waals surface area (Å²) in [5.74, 6) is 0. The largest absolute Gasteiger partial charge is 0.399 e. The van der Waals surface area contributed by atoms with Gasteiger partial charge in [-0.1, -0.05) is 24.3 Å². The fourth-order valence-corrected chi connectivity index (χ4v) is 2.35. The molecule has 2 rings (SSSR count). The summed E-state index contributed by atoms with van der Waals surface area (Å²) in [7, 11) is 2.14. The zero-order valence-electron chi connectivity index (χ0n) is 12.4. The molecule has 2 aromatic carbocycles. The van der Waals surface area contributed by atoms with Crippen LogP contribution in [0, 0.1) is 0 Å². The van der Waals surface area contributed by atoms with Gasteiger partial charge in [-0.3, -0.25) is 4.90 Å². The fraction of sp³-hybridized carbons (Fsp3) is 0.294. The number of benzene rings is 2. The van der Waals surface area contributed by atoms with E-state index in [1.165, 1.54) is 11.1 Å². The van der Waals surface area contributed by atoms with Crippen LogP contribution >= 0.6 is 0 Å². The van der Waals surface area contributed by atoms with Crippen LogP contribution in [0.15, 0.2) is 48.5 Å². The third-order valence-corrected chi connectivity index (χ3v) is 4.06. The molecule has 3 nitrogen and oxygen atoms in total. The number of hydrogen-bond acceptors (Lipinski definition) is 3. The maximum Gasteiger partial charge on any atom is 0.0322 e. The predicted molar refractivity (Wildman–Crippen MR) is 86.3 cm³/mol. The van der Waals surface area contributed by atoms with Crippen LogP contribution in [0.3, 0.4) is 0 Å². The van der Waals surface area contributed by atoms with Crippen LogP contribution < -0.4 is 11.5 Å². The van der Waals surface area contributed by atoms with Gasteiger partial charge >= 0.3 is 0 Å².